The van der Waals surface area contributed by atoms with Crippen LogP contribution in [0.4, 0.5) is 23.0 Å². The van der Waals surface area contributed by atoms with Gasteiger partial charge < -0.3 is 41.8 Å². The molecule has 6 amide bonds. The molecule has 4 aliphatic rings. The number of nitrogens with two attached hydrogens (primary N) is 2. The van der Waals surface area contributed by atoms with Gasteiger partial charge >= 0.3 is 0 Å². The van der Waals surface area contributed by atoms with Crippen LogP contribution in [0.3, 0.4) is 0 Å². The summed E-state index contributed by atoms with van der Waals surface area (Å²) >= 11 is 7.92. The van der Waals surface area contributed by atoms with Crippen LogP contribution in [0.2, 0.25) is 5.02 Å². The van der Waals surface area contributed by atoms with E-state index in [0.29, 0.717) is 38.7 Å². The maximum atomic E-state index is 13.2. The molecule has 0 saturated carbocycles. The molecule has 0 radical (unpaired) electrons. The van der Waals surface area contributed by atoms with Gasteiger partial charge in [-0.3, -0.25) is 39.0 Å². The first kappa shape index (κ1) is 42.8. The Balaban J connectivity index is 0.799. The van der Waals surface area contributed by atoms with Crippen molar-refractivity contribution in [3.05, 3.63) is 58.7 Å². The number of ether oxygens (including phenoxy) is 2. The van der Waals surface area contributed by atoms with Crippen LogP contribution in [0.5, 0.6) is 0 Å². The zero-order chi connectivity index (χ0) is 42.6. The van der Waals surface area contributed by atoms with Crippen LogP contribution >= 0.6 is 23.4 Å². The van der Waals surface area contributed by atoms with E-state index in [2.05, 4.69) is 36.1 Å². The number of anilines is 4. The molecule has 5 heterocycles. The fourth-order valence-electron chi connectivity index (χ4n) is 7.87. The molecule has 1 aromatic heterocycles. The zero-order valence-electron chi connectivity index (χ0n) is 33.0. The monoisotopic (exact) mass is 862 g/mol. The number of fused-ring (bicyclic) bond motifs is 1. The predicted molar refractivity (Wildman–Crippen MR) is 223 cm³/mol. The van der Waals surface area contributed by atoms with E-state index in [9.17, 15) is 28.8 Å². The third-order valence-corrected chi connectivity index (χ3v) is 12.9. The van der Waals surface area contributed by atoms with Gasteiger partial charge in [0, 0.05) is 67.5 Å². The minimum Gasteiger partial charge on any atom is -0.382 e. The van der Waals surface area contributed by atoms with E-state index in [4.69, 9.17) is 32.5 Å². The normalized spacial score (nSPS) is 20.9. The van der Waals surface area contributed by atoms with Crippen LogP contribution in [0.15, 0.2) is 52.5 Å². The molecule has 1 unspecified atom stereocenters. The van der Waals surface area contributed by atoms with Crippen molar-refractivity contribution in [3.63, 3.8) is 0 Å². The molecule has 2 aromatic carbocycles. The van der Waals surface area contributed by atoms with E-state index in [1.807, 2.05) is 6.92 Å². The SMILES string of the molecule is C[C@@H]1OCC2(CCN(c3cnc(Sc4cccc(NC(=O)CCC(=O)NCCOCCNc5cccc6c5C(=O)N(C5CCC(=O)NC5=O)C6=O)c4Cl)c(N)n3)CC2)[C@@H]1N. The fourth-order valence-corrected chi connectivity index (χ4v) is 8.97. The minimum atomic E-state index is -1.06. The van der Waals surface area contributed by atoms with Crippen LogP contribution in [0, 0.1) is 5.41 Å². The molecule has 318 valence electrons. The summed E-state index contributed by atoms with van der Waals surface area (Å²) in [5.74, 6) is -2.09. The first-order valence-electron chi connectivity index (χ1n) is 19.8. The average molecular weight is 863 g/mol. The lowest BCUT2D eigenvalue weighted by Gasteiger charge is -2.41. The van der Waals surface area contributed by atoms with Crippen molar-refractivity contribution in [2.24, 2.45) is 11.1 Å². The standard InChI is InChI=1S/C40H47ClN10O8S/c1-22-34(42)40(21-59-22)12-16-50(17-13-40)28-20-46-37(35(43)48-28)60-27-7-3-6-25(33(27)41)47-30(53)11-10-29(52)45-15-19-58-18-14-44-24-5-2-4-23-32(24)39(57)51(38(23)56)26-8-9-31(54)49-36(26)55/h2-7,20,22,26,34,44H,8-19,21,42H2,1H3,(H2,43,48)(H,45,52)(H,47,53)(H,49,54,55)/t22-,26?,34+/m0/s1. The molecule has 3 saturated heterocycles. The van der Waals surface area contributed by atoms with Crippen molar-refractivity contribution in [1.82, 2.24) is 25.5 Å². The number of carbonyl (C=O) groups excluding carboxylic acids is 6. The second-order valence-corrected chi connectivity index (χ2v) is 16.6. The molecule has 0 bridgehead atoms. The molecule has 3 fully saturated rings. The minimum absolute atomic E-state index is 0.0107. The van der Waals surface area contributed by atoms with Gasteiger partial charge in [-0.1, -0.05) is 35.5 Å². The molecular weight excluding hydrogens is 816 g/mol. The van der Waals surface area contributed by atoms with Crippen LogP contribution in [0.25, 0.3) is 0 Å². The largest absolute Gasteiger partial charge is 0.382 e. The number of benzene rings is 2. The summed E-state index contributed by atoms with van der Waals surface area (Å²) in [5, 5.41) is 11.5. The average Bonchev–Trinajstić information content (AvgIpc) is 3.65. The topological polar surface area (TPSA) is 253 Å². The highest BCUT2D eigenvalue weighted by Gasteiger charge is 2.48. The highest BCUT2D eigenvalue weighted by Crippen LogP contribution is 2.43. The smallest absolute Gasteiger partial charge is 0.264 e. The molecule has 1 spiro atoms. The maximum Gasteiger partial charge on any atom is 0.264 e. The Hall–Kier alpha value is -5.34. The van der Waals surface area contributed by atoms with Gasteiger partial charge in [0.25, 0.3) is 11.8 Å². The lowest BCUT2D eigenvalue weighted by molar-refractivity contribution is -0.136. The molecule has 7 rings (SSSR count). The lowest BCUT2D eigenvalue weighted by Crippen LogP contribution is -2.54. The van der Waals surface area contributed by atoms with Gasteiger partial charge in [0.2, 0.25) is 23.6 Å². The van der Waals surface area contributed by atoms with E-state index in [-0.39, 0.29) is 92.4 Å². The Bertz CT molecular complexity index is 2190. The van der Waals surface area contributed by atoms with E-state index < -0.39 is 35.6 Å². The number of hydrogen-bond acceptors (Lipinski definition) is 15. The number of nitrogen functional groups attached to an aromatic ring is 1. The van der Waals surface area contributed by atoms with Crippen LogP contribution < -0.4 is 37.6 Å². The Morgan fingerprint density at radius 2 is 1.77 bits per heavy atom. The van der Waals surface area contributed by atoms with Gasteiger partial charge in [-0.05, 0) is 50.5 Å². The summed E-state index contributed by atoms with van der Waals surface area (Å²) in [6.07, 6.45) is 3.52. The summed E-state index contributed by atoms with van der Waals surface area (Å²) in [7, 11) is 0. The molecular formula is C40H47ClN10O8S. The van der Waals surface area contributed by atoms with Crippen LogP contribution in [-0.4, -0.2) is 114 Å². The molecule has 3 atom stereocenters. The van der Waals surface area contributed by atoms with Crippen molar-refractivity contribution in [2.75, 3.05) is 67.3 Å². The number of halogens is 1. The van der Waals surface area contributed by atoms with Gasteiger partial charge in [0.05, 0.1) is 54.0 Å². The van der Waals surface area contributed by atoms with Gasteiger partial charge in [-0.25, -0.2) is 9.97 Å². The fraction of sp³-hybridized carbons (Fsp3) is 0.450. The summed E-state index contributed by atoms with van der Waals surface area (Å²) in [4.78, 5) is 88.3. The highest BCUT2D eigenvalue weighted by molar-refractivity contribution is 7.99. The Morgan fingerprint density at radius 3 is 2.50 bits per heavy atom. The molecule has 60 heavy (non-hydrogen) atoms. The Morgan fingerprint density at radius 1 is 1.03 bits per heavy atom. The van der Waals surface area contributed by atoms with E-state index in [1.165, 1.54) is 17.8 Å². The quantitative estimate of drug-likeness (QED) is 0.0949. The first-order valence-corrected chi connectivity index (χ1v) is 21.0. The third kappa shape index (κ3) is 9.19. The number of imide groups is 2. The molecule has 4 aliphatic heterocycles. The van der Waals surface area contributed by atoms with Crippen molar-refractivity contribution in [3.8, 4) is 0 Å². The summed E-state index contributed by atoms with van der Waals surface area (Å²) in [6.45, 7) is 5.15. The number of carbonyl (C=O) groups is 6. The number of hydrogen-bond donors (Lipinski definition) is 6. The van der Waals surface area contributed by atoms with E-state index >= 15 is 0 Å². The Labute approximate surface area is 355 Å². The van der Waals surface area contributed by atoms with E-state index in [0.717, 1.165) is 30.8 Å². The van der Waals surface area contributed by atoms with Gasteiger partial charge in [0.1, 0.15) is 16.9 Å². The Kier molecular flexibility index (Phi) is 13.2. The van der Waals surface area contributed by atoms with Gasteiger partial charge in [-0.2, -0.15) is 0 Å². The number of aromatic nitrogens is 2. The third-order valence-electron chi connectivity index (χ3n) is 11.3. The number of nitrogens with one attached hydrogen (secondary N) is 4. The highest BCUT2D eigenvalue weighted by atomic mass is 35.5. The molecule has 8 N–H and O–H groups in total. The van der Waals surface area contributed by atoms with Crippen LogP contribution in [-0.2, 0) is 28.7 Å². The number of rotatable bonds is 15. The van der Waals surface area contributed by atoms with Crippen molar-refractivity contribution in [2.45, 2.75) is 73.6 Å². The number of amides is 6. The number of piperidine rings is 2. The van der Waals surface area contributed by atoms with Gasteiger partial charge in [-0.15, -0.1) is 0 Å². The molecule has 18 nitrogen and oxygen atoms in total. The van der Waals surface area contributed by atoms with Crippen molar-refractivity contribution >= 4 is 81.8 Å². The summed E-state index contributed by atoms with van der Waals surface area (Å²) < 4.78 is 11.4. The number of nitrogens with zero attached hydrogens (tertiary/aromatic N) is 4. The van der Waals surface area contributed by atoms with Crippen molar-refractivity contribution < 1.29 is 38.2 Å². The maximum absolute atomic E-state index is 13.2. The first-order chi connectivity index (χ1) is 28.8. The second kappa shape index (κ2) is 18.5. The molecule has 20 heteroatoms. The molecule has 3 aromatic rings. The van der Waals surface area contributed by atoms with Crippen molar-refractivity contribution in [1.29, 1.82) is 0 Å². The van der Waals surface area contributed by atoms with E-state index in [1.54, 1.807) is 36.5 Å². The lowest BCUT2D eigenvalue weighted by atomic mass is 9.73. The zero-order valence-corrected chi connectivity index (χ0v) is 34.5. The second-order valence-electron chi connectivity index (χ2n) is 15.1. The summed E-state index contributed by atoms with van der Waals surface area (Å²) in [6, 6.07) is 8.95. The van der Waals surface area contributed by atoms with Crippen LogP contribution in [0.1, 0.15) is 66.2 Å². The predicted octanol–water partition coefficient (Wildman–Crippen LogP) is 2.56. The molecule has 0 aliphatic carbocycles. The van der Waals surface area contributed by atoms with Gasteiger partial charge in [0.15, 0.2) is 5.82 Å². The summed E-state index contributed by atoms with van der Waals surface area (Å²) in [5.41, 5.74) is 13.9.